The van der Waals surface area contributed by atoms with E-state index in [1.54, 1.807) is 25.1 Å². The van der Waals surface area contributed by atoms with Crippen LogP contribution >= 0.6 is 0 Å². The molecule has 3 aromatic rings. The fourth-order valence-corrected chi connectivity index (χ4v) is 2.51. The zero-order chi connectivity index (χ0) is 18.8. The number of esters is 1. The molecule has 2 aromatic heterocycles. The normalized spacial score (nSPS) is 12.0. The maximum atomic E-state index is 12.6. The molecule has 10 nitrogen and oxygen atoms in total. The molecular weight excluding hydrogens is 342 g/mol. The minimum atomic E-state index is -0.823. The molecular formula is C16H17N5O5. The molecule has 0 aliphatic heterocycles. The van der Waals surface area contributed by atoms with Crippen molar-refractivity contribution in [2.24, 2.45) is 0 Å². The molecule has 136 valence electrons. The summed E-state index contributed by atoms with van der Waals surface area (Å²) >= 11 is 0. The maximum Gasteiger partial charge on any atom is 0.328 e. The van der Waals surface area contributed by atoms with Crippen LogP contribution in [0.1, 0.15) is 13.0 Å². The summed E-state index contributed by atoms with van der Waals surface area (Å²) in [6.45, 7) is 1.54. The Morgan fingerprint density at radius 3 is 2.54 bits per heavy atom. The second-order valence-corrected chi connectivity index (χ2v) is 5.37. The van der Waals surface area contributed by atoms with Gasteiger partial charge >= 0.3 is 5.97 Å². The first-order chi connectivity index (χ1) is 12.5. The van der Waals surface area contributed by atoms with Crippen molar-refractivity contribution in [3.63, 3.8) is 0 Å². The van der Waals surface area contributed by atoms with Gasteiger partial charge in [0.25, 0.3) is 5.56 Å². The largest absolute Gasteiger partial charge is 0.493 e. The SMILES string of the molecule is COC(=O)[C@H](C)n1cnc2c(nnn2-c2ccc(OC)c(OC)c2)c1=O. The molecule has 0 bridgehead atoms. The van der Waals surface area contributed by atoms with Crippen molar-refractivity contribution < 1.29 is 19.0 Å². The highest BCUT2D eigenvalue weighted by Crippen LogP contribution is 2.29. The minimum Gasteiger partial charge on any atom is -0.493 e. The van der Waals surface area contributed by atoms with E-state index in [2.05, 4.69) is 20.0 Å². The summed E-state index contributed by atoms with van der Waals surface area (Å²) in [5.41, 5.74) is 0.406. The molecule has 0 N–H and O–H groups in total. The number of carbonyl (C=O) groups excluding carboxylic acids is 1. The lowest BCUT2D eigenvalue weighted by atomic mass is 10.2. The van der Waals surface area contributed by atoms with Crippen LogP contribution in [-0.4, -0.2) is 51.8 Å². The molecule has 0 fully saturated rings. The zero-order valence-corrected chi connectivity index (χ0v) is 14.7. The predicted molar refractivity (Wildman–Crippen MR) is 90.8 cm³/mol. The quantitative estimate of drug-likeness (QED) is 0.613. The summed E-state index contributed by atoms with van der Waals surface area (Å²) in [4.78, 5) is 28.5. The number of hydrogen-bond donors (Lipinski definition) is 0. The van der Waals surface area contributed by atoms with Gasteiger partial charge < -0.3 is 14.2 Å². The van der Waals surface area contributed by atoms with Crippen molar-refractivity contribution in [3.8, 4) is 17.2 Å². The van der Waals surface area contributed by atoms with Crippen molar-refractivity contribution >= 4 is 17.1 Å². The van der Waals surface area contributed by atoms with Gasteiger partial charge in [0.2, 0.25) is 0 Å². The predicted octanol–water partition coefficient (Wildman–Crippen LogP) is 0.728. The number of aromatic nitrogens is 5. The van der Waals surface area contributed by atoms with Gasteiger partial charge in [-0.3, -0.25) is 9.36 Å². The van der Waals surface area contributed by atoms with E-state index in [9.17, 15) is 9.59 Å². The molecule has 10 heteroatoms. The highest BCUT2D eigenvalue weighted by molar-refractivity contribution is 5.75. The standard InChI is InChI=1S/C16H17N5O5/c1-9(16(23)26-4)20-8-17-14-13(15(20)22)18-19-21(14)10-5-6-11(24-2)12(7-10)25-3/h5-9H,1-4H3/t9-/m0/s1. The van der Waals surface area contributed by atoms with Crippen LogP contribution in [-0.2, 0) is 9.53 Å². The van der Waals surface area contributed by atoms with E-state index in [0.717, 1.165) is 4.57 Å². The Kier molecular flexibility index (Phi) is 4.57. The lowest BCUT2D eigenvalue weighted by Gasteiger charge is -2.12. The van der Waals surface area contributed by atoms with Gasteiger partial charge in [0, 0.05) is 6.07 Å². The molecule has 0 unspecified atom stereocenters. The second kappa shape index (κ2) is 6.82. The summed E-state index contributed by atoms with van der Waals surface area (Å²) in [7, 11) is 4.31. The molecule has 1 atom stereocenters. The highest BCUT2D eigenvalue weighted by atomic mass is 16.5. The molecule has 3 rings (SSSR count). The number of nitrogens with zero attached hydrogens (tertiary/aromatic N) is 5. The second-order valence-electron chi connectivity index (χ2n) is 5.37. The molecule has 0 saturated heterocycles. The fourth-order valence-electron chi connectivity index (χ4n) is 2.51. The van der Waals surface area contributed by atoms with Crippen LogP contribution < -0.4 is 15.0 Å². The first-order valence-corrected chi connectivity index (χ1v) is 7.64. The number of carbonyl (C=O) groups is 1. The Hall–Kier alpha value is -3.43. The smallest absolute Gasteiger partial charge is 0.328 e. The monoisotopic (exact) mass is 359 g/mol. The van der Waals surface area contributed by atoms with Gasteiger partial charge in [-0.15, -0.1) is 5.10 Å². The number of fused-ring (bicyclic) bond motifs is 1. The first kappa shape index (κ1) is 17.4. The number of hydrogen-bond acceptors (Lipinski definition) is 8. The van der Waals surface area contributed by atoms with E-state index in [1.807, 2.05) is 0 Å². The number of ether oxygens (including phenoxy) is 3. The lowest BCUT2D eigenvalue weighted by molar-refractivity contribution is -0.144. The molecule has 2 heterocycles. The third-order valence-electron chi connectivity index (χ3n) is 3.96. The van der Waals surface area contributed by atoms with Gasteiger partial charge in [0.15, 0.2) is 22.7 Å². The molecule has 0 saturated carbocycles. The minimum absolute atomic E-state index is 0.0398. The van der Waals surface area contributed by atoms with Crippen LogP contribution in [0.15, 0.2) is 29.3 Å². The molecule has 0 aliphatic carbocycles. The van der Waals surface area contributed by atoms with Crippen LogP contribution in [0.5, 0.6) is 11.5 Å². The van der Waals surface area contributed by atoms with Crippen molar-refractivity contribution in [1.29, 1.82) is 0 Å². The van der Waals surface area contributed by atoms with E-state index < -0.39 is 17.6 Å². The summed E-state index contributed by atoms with van der Waals surface area (Å²) in [5, 5.41) is 7.91. The first-order valence-electron chi connectivity index (χ1n) is 7.64. The van der Waals surface area contributed by atoms with Crippen molar-refractivity contribution in [1.82, 2.24) is 24.5 Å². The van der Waals surface area contributed by atoms with Gasteiger partial charge in [-0.2, -0.15) is 4.68 Å². The summed E-state index contributed by atoms with van der Waals surface area (Å²) in [5.74, 6) is 0.504. The maximum absolute atomic E-state index is 12.6. The van der Waals surface area contributed by atoms with Crippen LogP contribution in [0.4, 0.5) is 0 Å². The van der Waals surface area contributed by atoms with E-state index in [1.165, 1.54) is 32.3 Å². The van der Waals surface area contributed by atoms with Crippen molar-refractivity contribution in [3.05, 3.63) is 34.9 Å². The van der Waals surface area contributed by atoms with Crippen LogP contribution in [0, 0.1) is 0 Å². The summed E-state index contributed by atoms with van der Waals surface area (Å²) in [6.07, 6.45) is 1.27. The van der Waals surface area contributed by atoms with Crippen LogP contribution in [0.2, 0.25) is 0 Å². The Morgan fingerprint density at radius 1 is 1.15 bits per heavy atom. The topological polar surface area (TPSA) is 110 Å². The van der Waals surface area contributed by atoms with Gasteiger partial charge in [0.05, 0.1) is 27.0 Å². The van der Waals surface area contributed by atoms with Gasteiger partial charge in [-0.25, -0.2) is 9.78 Å². The molecule has 0 aliphatic rings. The summed E-state index contributed by atoms with van der Waals surface area (Å²) < 4.78 is 17.7. The molecule has 1 aromatic carbocycles. The van der Waals surface area contributed by atoms with E-state index >= 15 is 0 Å². The number of methoxy groups -OCH3 is 3. The lowest BCUT2D eigenvalue weighted by Crippen LogP contribution is -2.29. The fraction of sp³-hybridized carbons (Fsp3) is 0.312. The number of rotatable bonds is 5. The van der Waals surface area contributed by atoms with Crippen LogP contribution in [0.25, 0.3) is 16.9 Å². The molecule has 0 spiro atoms. The highest BCUT2D eigenvalue weighted by Gasteiger charge is 2.21. The molecule has 0 amide bonds. The number of benzene rings is 1. The summed E-state index contributed by atoms with van der Waals surface area (Å²) in [6, 6.07) is 4.31. The van der Waals surface area contributed by atoms with E-state index in [0.29, 0.717) is 17.2 Å². The average molecular weight is 359 g/mol. The third kappa shape index (κ3) is 2.75. The van der Waals surface area contributed by atoms with E-state index in [4.69, 9.17) is 9.47 Å². The van der Waals surface area contributed by atoms with E-state index in [-0.39, 0.29) is 11.2 Å². The third-order valence-corrected chi connectivity index (χ3v) is 3.96. The zero-order valence-electron chi connectivity index (χ0n) is 14.7. The Labute approximate surface area is 147 Å². The Morgan fingerprint density at radius 2 is 1.88 bits per heavy atom. The average Bonchev–Trinajstić information content (AvgIpc) is 3.11. The van der Waals surface area contributed by atoms with Crippen molar-refractivity contribution in [2.45, 2.75) is 13.0 Å². The van der Waals surface area contributed by atoms with Gasteiger partial charge in [-0.05, 0) is 19.1 Å². The Bertz CT molecular complexity index is 1030. The van der Waals surface area contributed by atoms with Crippen molar-refractivity contribution in [2.75, 3.05) is 21.3 Å². The van der Waals surface area contributed by atoms with Crippen LogP contribution in [0.3, 0.4) is 0 Å². The Balaban J connectivity index is 2.12. The van der Waals surface area contributed by atoms with Gasteiger partial charge in [0.1, 0.15) is 12.4 Å². The molecule has 26 heavy (non-hydrogen) atoms. The molecule has 0 radical (unpaired) electrons. The van der Waals surface area contributed by atoms with Gasteiger partial charge in [-0.1, -0.05) is 5.21 Å².